The fourth-order valence-corrected chi connectivity index (χ4v) is 1.54. The molecule has 1 rings (SSSR count). The molecule has 86 valence electrons. The van der Waals surface area contributed by atoms with Crippen molar-refractivity contribution >= 4 is 39.9 Å². The molecule has 0 aliphatic rings. The number of nitrogens with one attached hydrogen (secondary N) is 1. The van der Waals surface area contributed by atoms with E-state index in [1.54, 1.807) is 0 Å². The molecule has 6 heteroatoms. The van der Waals surface area contributed by atoms with Crippen molar-refractivity contribution in [1.82, 2.24) is 5.32 Å². The topological polar surface area (TPSA) is 12.0 Å². The highest BCUT2D eigenvalue weighted by Gasteiger charge is 2.30. The third-order valence-corrected chi connectivity index (χ3v) is 2.95. The number of hydrogen-bond acceptors (Lipinski definition) is 1. The Morgan fingerprint density at radius 1 is 1.47 bits per heavy atom. The summed E-state index contributed by atoms with van der Waals surface area (Å²) in [5.41, 5.74) is -0.0527. The first-order chi connectivity index (χ1) is 6.47. The van der Waals surface area contributed by atoms with E-state index in [-0.39, 0.29) is 24.5 Å². The summed E-state index contributed by atoms with van der Waals surface area (Å²) < 4.78 is 27.2. The molecule has 0 radical (unpaired) electrons. The predicted octanol–water partition coefficient (Wildman–Crippen LogP) is 3.84. The second-order valence-corrected chi connectivity index (χ2v) is 4.13. The molecule has 15 heavy (non-hydrogen) atoms. The lowest BCUT2D eigenvalue weighted by Crippen LogP contribution is -2.28. The van der Waals surface area contributed by atoms with E-state index >= 15 is 0 Å². The van der Waals surface area contributed by atoms with Crippen LogP contribution in [0.5, 0.6) is 0 Å². The molecule has 0 amide bonds. The van der Waals surface area contributed by atoms with Crippen molar-refractivity contribution in [1.29, 1.82) is 0 Å². The average Bonchev–Trinajstić information content (AvgIpc) is 2.09. The molecule has 0 aliphatic carbocycles. The maximum absolute atomic E-state index is 13.3. The maximum atomic E-state index is 13.3. The van der Waals surface area contributed by atoms with Crippen molar-refractivity contribution in [2.45, 2.75) is 5.92 Å². The summed E-state index contributed by atoms with van der Waals surface area (Å²) in [4.78, 5) is 0. The van der Waals surface area contributed by atoms with Crippen LogP contribution in [0, 0.1) is 0 Å². The molecule has 0 bridgehead atoms. The highest BCUT2D eigenvalue weighted by atomic mass is 79.9. The van der Waals surface area contributed by atoms with E-state index in [4.69, 9.17) is 11.6 Å². The minimum atomic E-state index is -2.87. The Kier molecular flexibility index (Phi) is 6.03. The molecular formula is C9H10BrCl2F2N. The van der Waals surface area contributed by atoms with Gasteiger partial charge in [0.15, 0.2) is 0 Å². The van der Waals surface area contributed by atoms with Crippen molar-refractivity contribution in [3.8, 4) is 0 Å². The van der Waals surface area contributed by atoms with Crippen molar-refractivity contribution < 1.29 is 8.78 Å². The molecule has 1 aromatic carbocycles. The summed E-state index contributed by atoms with van der Waals surface area (Å²) in [5.74, 6) is -2.87. The molecule has 0 saturated carbocycles. The fourth-order valence-electron chi connectivity index (χ4n) is 1.05. The van der Waals surface area contributed by atoms with Gasteiger partial charge in [-0.1, -0.05) is 17.7 Å². The van der Waals surface area contributed by atoms with Crippen LogP contribution in [0.15, 0.2) is 22.7 Å². The van der Waals surface area contributed by atoms with Gasteiger partial charge in [-0.25, -0.2) is 0 Å². The number of hydrogen-bond donors (Lipinski definition) is 1. The molecule has 0 fully saturated rings. The quantitative estimate of drug-likeness (QED) is 0.892. The molecule has 0 aromatic heterocycles. The number of rotatable bonds is 3. The van der Waals surface area contributed by atoms with Gasteiger partial charge in [0.2, 0.25) is 0 Å². The van der Waals surface area contributed by atoms with Crippen LogP contribution in [0.4, 0.5) is 8.78 Å². The van der Waals surface area contributed by atoms with Gasteiger partial charge in [-0.3, -0.25) is 0 Å². The SMILES string of the molecule is CNCC(F)(F)c1ccc(Cl)c(Br)c1.Cl. The van der Waals surface area contributed by atoms with E-state index in [0.29, 0.717) is 9.50 Å². The minimum absolute atomic E-state index is 0. The second kappa shape index (κ2) is 5.99. The van der Waals surface area contributed by atoms with Gasteiger partial charge in [-0.15, -0.1) is 12.4 Å². The van der Waals surface area contributed by atoms with Gasteiger partial charge in [-0.2, -0.15) is 8.78 Å². The van der Waals surface area contributed by atoms with Gasteiger partial charge >= 0.3 is 0 Å². The first kappa shape index (κ1) is 15.1. The lowest BCUT2D eigenvalue weighted by atomic mass is 10.1. The van der Waals surface area contributed by atoms with Crippen LogP contribution in [0.2, 0.25) is 5.02 Å². The van der Waals surface area contributed by atoms with E-state index in [0.717, 1.165) is 0 Å². The highest BCUT2D eigenvalue weighted by molar-refractivity contribution is 9.10. The van der Waals surface area contributed by atoms with Gasteiger partial charge in [0.1, 0.15) is 0 Å². The predicted molar refractivity (Wildman–Crippen MR) is 64.2 cm³/mol. The van der Waals surface area contributed by atoms with Crippen LogP contribution < -0.4 is 5.32 Å². The molecule has 0 aliphatic heterocycles. The van der Waals surface area contributed by atoms with Gasteiger partial charge in [0, 0.05) is 10.0 Å². The highest BCUT2D eigenvalue weighted by Crippen LogP contribution is 2.32. The molecule has 0 spiro atoms. The van der Waals surface area contributed by atoms with Gasteiger partial charge < -0.3 is 5.32 Å². The van der Waals surface area contributed by atoms with Gasteiger partial charge in [-0.05, 0) is 35.1 Å². The largest absolute Gasteiger partial charge is 0.314 e. The van der Waals surface area contributed by atoms with Gasteiger partial charge in [0.05, 0.1) is 11.6 Å². The first-order valence-electron chi connectivity index (χ1n) is 3.95. The van der Waals surface area contributed by atoms with E-state index in [2.05, 4.69) is 21.2 Å². The average molecular weight is 321 g/mol. The van der Waals surface area contributed by atoms with E-state index < -0.39 is 5.92 Å². The minimum Gasteiger partial charge on any atom is -0.314 e. The molecule has 0 unspecified atom stereocenters. The lowest BCUT2D eigenvalue weighted by molar-refractivity contribution is -0.00130. The van der Waals surface area contributed by atoms with E-state index in [1.165, 1.54) is 25.2 Å². The lowest BCUT2D eigenvalue weighted by Gasteiger charge is -2.16. The summed E-state index contributed by atoms with van der Waals surface area (Å²) in [6.07, 6.45) is 0. The standard InChI is InChI=1S/C9H9BrClF2N.ClH/c1-14-5-9(12,13)6-2-3-8(11)7(10)4-6;/h2-4,14H,5H2,1H3;1H. The molecule has 0 saturated heterocycles. The summed E-state index contributed by atoms with van der Waals surface area (Å²) in [7, 11) is 1.48. The Hall–Kier alpha value is 0.1000. The van der Waals surface area contributed by atoms with Crippen molar-refractivity contribution in [2.24, 2.45) is 0 Å². The number of likely N-dealkylation sites (N-methyl/N-ethyl adjacent to an activating group) is 1. The smallest absolute Gasteiger partial charge is 0.285 e. The van der Waals surface area contributed by atoms with E-state index in [1.807, 2.05) is 0 Å². The molecular weight excluding hydrogens is 311 g/mol. The Morgan fingerprint density at radius 2 is 2.07 bits per heavy atom. The summed E-state index contributed by atoms with van der Waals surface area (Å²) in [6.45, 7) is -0.388. The Morgan fingerprint density at radius 3 is 2.53 bits per heavy atom. The molecule has 1 N–H and O–H groups in total. The third kappa shape index (κ3) is 3.87. The van der Waals surface area contributed by atoms with Crippen molar-refractivity contribution in [2.75, 3.05) is 13.6 Å². The zero-order chi connectivity index (χ0) is 10.8. The van der Waals surface area contributed by atoms with Crippen LogP contribution in [0.3, 0.4) is 0 Å². The maximum Gasteiger partial charge on any atom is 0.285 e. The van der Waals surface area contributed by atoms with Crippen LogP contribution in [-0.2, 0) is 5.92 Å². The van der Waals surface area contributed by atoms with Crippen LogP contribution in [0.25, 0.3) is 0 Å². The Labute approximate surface area is 107 Å². The summed E-state index contributed by atoms with van der Waals surface area (Å²) in [5, 5.41) is 2.87. The molecule has 1 nitrogen and oxygen atoms in total. The number of alkyl halides is 2. The normalized spacial score (nSPS) is 11.0. The molecule has 1 aromatic rings. The van der Waals surface area contributed by atoms with Crippen LogP contribution in [0.1, 0.15) is 5.56 Å². The number of benzene rings is 1. The molecule has 0 atom stereocenters. The third-order valence-electron chi connectivity index (χ3n) is 1.74. The summed E-state index contributed by atoms with van der Waals surface area (Å²) in [6, 6.07) is 4.11. The Bertz CT molecular complexity index is 334. The number of halogens is 5. The zero-order valence-corrected chi connectivity index (χ0v) is 11.0. The summed E-state index contributed by atoms with van der Waals surface area (Å²) >= 11 is 8.80. The first-order valence-corrected chi connectivity index (χ1v) is 5.12. The van der Waals surface area contributed by atoms with Crippen LogP contribution >= 0.6 is 39.9 Å². The van der Waals surface area contributed by atoms with Gasteiger partial charge in [0.25, 0.3) is 5.92 Å². The zero-order valence-electron chi connectivity index (χ0n) is 7.86. The van der Waals surface area contributed by atoms with Crippen LogP contribution in [-0.4, -0.2) is 13.6 Å². The van der Waals surface area contributed by atoms with E-state index in [9.17, 15) is 8.78 Å². The monoisotopic (exact) mass is 319 g/mol. The fraction of sp³-hybridized carbons (Fsp3) is 0.333. The Balaban J connectivity index is 0.00000196. The molecule has 0 heterocycles. The van der Waals surface area contributed by atoms with Crippen molar-refractivity contribution in [3.63, 3.8) is 0 Å². The second-order valence-electron chi connectivity index (χ2n) is 2.86. The van der Waals surface area contributed by atoms with Crippen molar-refractivity contribution in [3.05, 3.63) is 33.3 Å².